The van der Waals surface area contributed by atoms with E-state index in [1.165, 1.54) is 18.4 Å². The van der Waals surface area contributed by atoms with Gasteiger partial charge in [-0.25, -0.2) is 9.79 Å². The van der Waals surface area contributed by atoms with E-state index in [1.807, 2.05) is 49.4 Å². The fourth-order valence-electron chi connectivity index (χ4n) is 3.94. The minimum atomic E-state index is -0.636. The molecule has 1 aromatic heterocycles. The predicted molar refractivity (Wildman–Crippen MR) is 144 cm³/mol. The van der Waals surface area contributed by atoms with E-state index in [1.54, 1.807) is 16.7 Å². The zero-order valence-corrected chi connectivity index (χ0v) is 23.1. The summed E-state index contributed by atoms with van der Waals surface area (Å²) in [6.45, 7) is 5.96. The van der Waals surface area contributed by atoms with Crippen molar-refractivity contribution in [1.29, 1.82) is 0 Å². The molecule has 0 radical (unpaired) electrons. The van der Waals surface area contributed by atoms with Crippen LogP contribution in [-0.4, -0.2) is 24.3 Å². The Balaban J connectivity index is 1.99. The summed E-state index contributed by atoms with van der Waals surface area (Å²) in [5.41, 5.74) is 2.27. The van der Waals surface area contributed by atoms with Crippen LogP contribution in [0.4, 0.5) is 0 Å². The minimum Gasteiger partial charge on any atom is -0.488 e. The van der Waals surface area contributed by atoms with E-state index < -0.39 is 12.0 Å². The summed E-state index contributed by atoms with van der Waals surface area (Å²) >= 11 is 8.33. The molecule has 0 amide bonds. The lowest BCUT2D eigenvalue weighted by atomic mass is 9.95. The summed E-state index contributed by atoms with van der Waals surface area (Å²) in [7, 11) is 1.34. The molecule has 1 atom stereocenters. The molecule has 0 aliphatic carbocycles. The largest absolute Gasteiger partial charge is 0.488 e. The van der Waals surface area contributed by atoms with Gasteiger partial charge in [-0.3, -0.25) is 9.36 Å². The van der Waals surface area contributed by atoms with E-state index >= 15 is 0 Å². The van der Waals surface area contributed by atoms with Crippen LogP contribution in [0.1, 0.15) is 30.5 Å². The third-order valence-corrected chi connectivity index (χ3v) is 7.46. The average Bonchev–Trinajstić information content (AvgIpc) is 3.16. The first-order chi connectivity index (χ1) is 16.9. The number of thiazole rings is 1. The van der Waals surface area contributed by atoms with Gasteiger partial charge in [-0.15, -0.1) is 0 Å². The normalized spacial score (nSPS) is 15.4. The molecule has 9 heteroatoms. The number of fused-ring (bicyclic) bond motifs is 1. The van der Waals surface area contributed by atoms with Crippen LogP contribution < -0.4 is 19.6 Å². The van der Waals surface area contributed by atoms with Crippen molar-refractivity contribution in [1.82, 2.24) is 4.57 Å². The highest BCUT2D eigenvalue weighted by Gasteiger charge is 2.33. The highest BCUT2D eigenvalue weighted by molar-refractivity contribution is 9.11. The Morgan fingerprint density at radius 1 is 1.26 bits per heavy atom. The number of ether oxygens (including phenoxy) is 2. The second-order valence-electron chi connectivity index (χ2n) is 7.60. The maximum Gasteiger partial charge on any atom is 0.338 e. The Labute approximate surface area is 223 Å². The standard InChI is InChI=1S/C26H22Br2N2O4S/c1-4-11-34-23-16(12-17(27)14-18(23)28)13-20-24(31)30-22(15-9-7-6-8-10-15)21(25(32)33-3)19(5-2)29-26(30)35-20/h4,6-10,12-14,22H,1,5,11H2,2-3H3/b20-13+/t22-/m0/s1. The summed E-state index contributed by atoms with van der Waals surface area (Å²) in [5.74, 6) is 0.104. The lowest BCUT2D eigenvalue weighted by Gasteiger charge is -2.25. The van der Waals surface area contributed by atoms with E-state index in [0.29, 0.717) is 39.4 Å². The first-order valence-corrected chi connectivity index (χ1v) is 13.2. The molecule has 4 rings (SSSR count). The molecule has 0 spiro atoms. The van der Waals surface area contributed by atoms with Gasteiger partial charge >= 0.3 is 5.97 Å². The SMILES string of the molecule is C=CCOc1c(Br)cc(Br)cc1/C=c1/sc2n(c1=O)[C@@H](c1ccccc1)C(C(=O)OC)=C(CC)N=2. The summed E-state index contributed by atoms with van der Waals surface area (Å²) < 4.78 is 14.6. The third kappa shape index (κ3) is 4.98. The molecule has 0 N–H and O–H groups in total. The Bertz CT molecular complexity index is 1510. The molecule has 180 valence electrons. The Kier molecular flexibility index (Phi) is 7.88. The number of hydrogen-bond acceptors (Lipinski definition) is 6. The van der Waals surface area contributed by atoms with Gasteiger partial charge in [0.15, 0.2) is 4.80 Å². The van der Waals surface area contributed by atoms with Crippen LogP contribution in [0, 0.1) is 0 Å². The van der Waals surface area contributed by atoms with Gasteiger partial charge in [0.1, 0.15) is 12.4 Å². The molecule has 0 fully saturated rings. The minimum absolute atomic E-state index is 0.245. The number of benzene rings is 2. The Hall–Kier alpha value is -2.75. The highest BCUT2D eigenvalue weighted by Crippen LogP contribution is 2.34. The maximum atomic E-state index is 13.8. The number of carbonyl (C=O) groups excluding carboxylic acids is 1. The van der Waals surface area contributed by atoms with Crippen molar-refractivity contribution in [3.05, 3.63) is 106 Å². The van der Waals surface area contributed by atoms with Crippen molar-refractivity contribution in [3.63, 3.8) is 0 Å². The molecule has 0 unspecified atom stereocenters. The summed E-state index contributed by atoms with van der Waals surface area (Å²) in [4.78, 5) is 31.9. The van der Waals surface area contributed by atoms with Gasteiger partial charge in [-0.05, 0) is 46.1 Å². The smallest absolute Gasteiger partial charge is 0.338 e. The van der Waals surface area contributed by atoms with Crippen LogP contribution in [-0.2, 0) is 9.53 Å². The zero-order valence-electron chi connectivity index (χ0n) is 19.1. The molecule has 0 saturated heterocycles. The lowest BCUT2D eigenvalue weighted by molar-refractivity contribution is -0.136. The van der Waals surface area contributed by atoms with Crippen LogP contribution in [0.25, 0.3) is 6.08 Å². The van der Waals surface area contributed by atoms with Crippen molar-refractivity contribution < 1.29 is 14.3 Å². The number of esters is 1. The van der Waals surface area contributed by atoms with Crippen LogP contribution in [0.5, 0.6) is 5.75 Å². The lowest BCUT2D eigenvalue weighted by Crippen LogP contribution is -2.40. The number of carbonyl (C=O) groups is 1. The molecule has 0 saturated carbocycles. The molecule has 1 aliphatic rings. The van der Waals surface area contributed by atoms with Gasteiger partial charge in [0.2, 0.25) is 0 Å². The third-order valence-electron chi connectivity index (χ3n) is 5.43. The predicted octanol–water partition coefficient (Wildman–Crippen LogP) is 4.89. The van der Waals surface area contributed by atoms with Crippen molar-refractivity contribution in [2.75, 3.05) is 13.7 Å². The molecule has 2 aromatic carbocycles. The molecule has 0 bridgehead atoms. The van der Waals surface area contributed by atoms with E-state index in [0.717, 1.165) is 20.1 Å². The van der Waals surface area contributed by atoms with E-state index in [-0.39, 0.29) is 5.56 Å². The quantitative estimate of drug-likeness (QED) is 0.280. The van der Waals surface area contributed by atoms with Gasteiger partial charge < -0.3 is 9.47 Å². The zero-order chi connectivity index (χ0) is 25.1. The van der Waals surface area contributed by atoms with Gasteiger partial charge in [-0.1, -0.05) is 77.2 Å². The summed E-state index contributed by atoms with van der Waals surface area (Å²) in [6, 6.07) is 12.6. The number of nitrogens with zero attached hydrogens (tertiary/aromatic N) is 2. The number of halogens is 2. The van der Waals surface area contributed by atoms with Crippen LogP contribution in [0.2, 0.25) is 0 Å². The summed E-state index contributed by atoms with van der Waals surface area (Å²) in [6.07, 6.45) is 3.97. The van der Waals surface area contributed by atoms with Gasteiger partial charge in [0.25, 0.3) is 5.56 Å². The van der Waals surface area contributed by atoms with Gasteiger partial charge in [-0.2, -0.15) is 0 Å². The molecule has 1 aliphatic heterocycles. The van der Waals surface area contributed by atoms with Crippen molar-refractivity contribution in [3.8, 4) is 5.75 Å². The highest BCUT2D eigenvalue weighted by atomic mass is 79.9. The average molecular weight is 618 g/mol. The van der Waals surface area contributed by atoms with E-state index in [4.69, 9.17) is 14.5 Å². The molecular weight excluding hydrogens is 596 g/mol. The first-order valence-electron chi connectivity index (χ1n) is 10.8. The monoisotopic (exact) mass is 616 g/mol. The number of allylic oxidation sites excluding steroid dienone is 1. The van der Waals surface area contributed by atoms with E-state index in [9.17, 15) is 9.59 Å². The fraction of sp³-hybridized carbons (Fsp3) is 0.192. The molecule has 3 aromatic rings. The summed E-state index contributed by atoms with van der Waals surface area (Å²) in [5, 5.41) is 0. The second-order valence-corrected chi connectivity index (χ2v) is 10.4. The Morgan fingerprint density at radius 2 is 2.00 bits per heavy atom. The van der Waals surface area contributed by atoms with Crippen LogP contribution in [0.3, 0.4) is 0 Å². The molecule has 2 heterocycles. The molecular formula is C26H22Br2N2O4S. The van der Waals surface area contributed by atoms with Crippen molar-refractivity contribution in [2.45, 2.75) is 19.4 Å². The van der Waals surface area contributed by atoms with Gasteiger partial charge in [0, 0.05) is 10.0 Å². The van der Waals surface area contributed by atoms with Crippen LogP contribution >= 0.6 is 43.2 Å². The first kappa shape index (κ1) is 25.3. The fourth-order valence-corrected chi connectivity index (χ4v) is 6.32. The maximum absolute atomic E-state index is 13.8. The second kappa shape index (κ2) is 10.9. The van der Waals surface area contributed by atoms with Crippen molar-refractivity contribution in [2.24, 2.45) is 4.99 Å². The van der Waals surface area contributed by atoms with Crippen LogP contribution in [0.15, 0.2) is 85.1 Å². The van der Waals surface area contributed by atoms with Crippen molar-refractivity contribution >= 4 is 55.2 Å². The molecule has 35 heavy (non-hydrogen) atoms. The number of aromatic nitrogens is 1. The number of methoxy groups -OCH3 is 1. The number of rotatable bonds is 7. The van der Waals surface area contributed by atoms with Gasteiger partial charge in [0.05, 0.1) is 33.4 Å². The molecule has 6 nitrogen and oxygen atoms in total. The number of hydrogen-bond donors (Lipinski definition) is 0. The topological polar surface area (TPSA) is 69.9 Å². The van der Waals surface area contributed by atoms with E-state index in [2.05, 4.69) is 38.4 Å². The Morgan fingerprint density at radius 3 is 2.66 bits per heavy atom.